The number of esters is 1. The van der Waals surface area contributed by atoms with Crippen LogP contribution in [-0.2, 0) is 4.74 Å². The van der Waals surface area contributed by atoms with Crippen LogP contribution in [0.4, 0.5) is 4.39 Å². The Morgan fingerprint density at radius 3 is 2.00 bits per heavy atom. The predicted molar refractivity (Wildman–Crippen MR) is 88.7 cm³/mol. The molecule has 0 heterocycles. The molecule has 2 saturated carbocycles. The Balaban J connectivity index is 1.45. The summed E-state index contributed by atoms with van der Waals surface area (Å²) in [5.74, 6) is 1.96. The third kappa shape index (κ3) is 4.33. The van der Waals surface area contributed by atoms with Gasteiger partial charge in [0.2, 0.25) is 0 Å². The summed E-state index contributed by atoms with van der Waals surface area (Å²) in [5, 5.41) is 0. The van der Waals surface area contributed by atoms with Crippen molar-refractivity contribution in [2.45, 2.75) is 64.4 Å². The second-order valence-corrected chi connectivity index (χ2v) is 7.47. The molecule has 0 radical (unpaired) electrons. The molecule has 0 bridgehead atoms. The maximum absolute atomic E-state index is 12.9. The van der Waals surface area contributed by atoms with Crippen molar-refractivity contribution >= 4 is 5.97 Å². The van der Waals surface area contributed by atoms with Gasteiger partial charge in [-0.25, -0.2) is 9.18 Å². The number of rotatable bonds is 3. The fourth-order valence-electron chi connectivity index (χ4n) is 4.24. The molecule has 0 spiro atoms. The minimum Gasteiger partial charge on any atom is -0.459 e. The van der Waals surface area contributed by atoms with Gasteiger partial charge in [-0.05, 0) is 80.5 Å². The lowest BCUT2D eigenvalue weighted by Crippen LogP contribution is -2.29. The van der Waals surface area contributed by atoms with Gasteiger partial charge in [-0.2, -0.15) is 0 Å². The normalized spacial score (nSPS) is 31.6. The molecule has 2 aliphatic carbocycles. The zero-order chi connectivity index (χ0) is 16.2. The van der Waals surface area contributed by atoms with Crippen LogP contribution in [0.25, 0.3) is 0 Å². The summed E-state index contributed by atoms with van der Waals surface area (Å²) in [5.41, 5.74) is 0.440. The van der Waals surface area contributed by atoms with Gasteiger partial charge in [0.05, 0.1) is 5.56 Å². The molecule has 0 aliphatic heterocycles. The van der Waals surface area contributed by atoms with Crippen molar-refractivity contribution in [2.75, 3.05) is 0 Å². The molecule has 2 aliphatic rings. The van der Waals surface area contributed by atoms with Gasteiger partial charge in [0, 0.05) is 0 Å². The van der Waals surface area contributed by atoms with E-state index in [2.05, 4.69) is 6.92 Å². The molecule has 2 nitrogen and oxygen atoms in total. The zero-order valence-corrected chi connectivity index (χ0v) is 14.0. The molecule has 0 aromatic heterocycles. The van der Waals surface area contributed by atoms with Crippen LogP contribution >= 0.6 is 0 Å². The standard InChI is InChI=1S/C20H27FO2/c1-14-2-4-15(5-3-14)16-8-12-19(13-9-16)23-20(22)17-6-10-18(21)11-7-17/h6-7,10-11,14-16,19H,2-5,8-9,12-13H2,1H3. The Hall–Kier alpha value is -1.38. The van der Waals surface area contributed by atoms with E-state index in [0.717, 1.165) is 30.6 Å². The molecule has 126 valence electrons. The van der Waals surface area contributed by atoms with Crippen molar-refractivity contribution in [1.82, 2.24) is 0 Å². The van der Waals surface area contributed by atoms with Crippen LogP contribution in [0, 0.1) is 23.6 Å². The summed E-state index contributed by atoms with van der Waals surface area (Å²) < 4.78 is 18.5. The average Bonchev–Trinajstić information content (AvgIpc) is 2.57. The smallest absolute Gasteiger partial charge is 0.338 e. The second kappa shape index (κ2) is 7.46. The lowest BCUT2D eigenvalue weighted by molar-refractivity contribution is 0.0111. The third-order valence-corrected chi connectivity index (χ3v) is 5.80. The van der Waals surface area contributed by atoms with E-state index in [4.69, 9.17) is 4.74 Å². The number of ether oxygens (including phenoxy) is 1. The fourth-order valence-corrected chi connectivity index (χ4v) is 4.24. The van der Waals surface area contributed by atoms with Gasteiger partial charge in [0.25, 0.3) is 0 Å². The fraction of sp³-hybridized carbons (Fsp3) is 0.650. The molecule has 0 amide bonds. The van der Waals surface area contributed by atoms with E-state index < -0.39 is 0 Å². The SMILES string of the molecule is CC1CCC(C2CCC(OC(=O)c3ccc(F)cc3)CC2)CC1. The predicted octanol–water partition coefficient (Wildman–Crippen LogP) is 5.37. The highest BCUT2D eigenvalue weighted by Crippen LogP contribution is 2.40. The Labute approximate surface area is 138 Å². The van der Waals surface area contributed by atoms with Gasteiger partial charge in [-0.15, -0.1) is 0 Å². The largest absolute Gasteiger partial charge is 0.459 e. The molecule has 23 heavy (non-hydrogen) atoms. The van der Waals surface area contributed by atoms with Gasteiger partial charge >= 0.3 is 5.97 Å². The Bertz CT molecular complexity index is 509. The van der Waals surface area contributed by atoms with Crippen molar-refractivity contribution < 1.29 is 13.9 Å². The summed E-state index contributed by atoms with van der Waals surface area (Å²) >= 11 is 0. The van der Waals surface area contributed by atoms with Gasteiger partial charge < -0.3 is 4.74 Å². The minimum atomic E-state index is -0.330. The van der Waals surface area contributed by atoms with E-state index in [-0.39, 0.29) is 17.9 Å². The number of halogens is 1. The lowest BCUT2D eigenvalue weighted by atomic mass is 9.71. The molecule has 3 rings (SSSR count). The second-order valence-electron chi connectivity index (χ2n) is 7.47. The van der Waals surface area contributed by atoms with Crippen molar-refractivity contribution in [3.63, 3.8) is 0 Å². The Kier molecular flexibility index (Phi) is 5.34. The molecule has 2 fully saturated rings. The monoisotopic (exact) mass is 318 g/mol. The molecule has 1 aromatic carbocycles. The summed E-state index contributed by atoms with van der Waals surface area (Å²) in [6.07, 6.45) is 9.87. The van der Waals surface area contributed by atoms with Gasteiger partial charge in [0.15, 0.2) is 0 Å². The number of carbonyl (C=O) groups is 1. The first-order valence-corrected chi connectivity index (χ1v) is 9.08. The highest BCUT2D eigenvalue weighted by molar-refractivity contribution is 5.89. The first kappa shape index (κ1) is 16.5. The summed E-state index contributed by atoms with van der Waals surface area (Å²) in [7, 11) is 0. The molecular formula is C20H27FO2. The molecule has 1 aromatic rings. The van der Waals surface area contributed by atoms with Crippen LogP contribution in [0.3, 0.4) is 0 Å². The van der Waals surface area contributed by atoms with E-state index in [0.29, 0.717) is 5.56 Å². The van der Waals surface area contributed by atoms with E-state index in [1.165, 1.54) is 62.8 Å². The molecule has 0 saturated heterocycles. The Morgan fingerprint density at radius 1 is 0.913 bits per heavy atom. The summed E-state index contributed by atoms with van der Waals surface area (Å²) in [4.78, 5) is 12.1. The van der Waals surface area contributed by atoms with E-state index in [1.807, 2.05) is 0 Å². The van der Waals surface area contributed by atoms with E-state index in [1.54, 1.807) is 0 Å². The minimum absolute atomic E-state index is 0.0336. The third-order valence-electron chi connectivity index (χ3n) is 5.80. The maximum atomic E-state index is 12.9. The van der Waals surface area contributed by atoms with E-state index in [9.17, 15) is 9.18 Å². The van der Waals surface area contributed by atoms with Crippen molar-refractivity contribution in [3.05, 3.63) is 35.6 Å². The van der Waals surface area contributed by atoms with Crippen LogP contribution in [0.2, 0.25) is 0 Å². The van der Waals surface area contributed by atoms with Crippen molar-refractivity contribution in [1.29, 1.82) is 0 Å². The van der Waals surface area contributed by atoms with Gasteiger partial charge in [-0.1, -0.05) is 19.8 Å². The Morgan fingerprint density at radius 2 is 1.43 bits per heavy atom. The number of benzene rings is 1. The van der Waals surface area contributed by atoms with E-state index >= 15 is 0 Å². The lowest BCUT2D eigenvalue weighted by Gasteiger charge is -2.37. The zero-order valence-electron chi connectivity index (χ0n) is 14.0. The number of carbonyl (C=O) groups excluding carboxylic acids is 1. The highest BCUT2D eigenvalue weighted by Gasteiger charge is 2.31. The number of hydrogen-bond donors (Lipinski definition) is 0. The first-order valence-electron chi connectivity index (χ1n) is 9.08. The van der Waals surface area contributed by atoms with Crippen LogP contribution in [0.15, 0.2) is 24.3 Å². The molecular weight excluding hydrogens is 291 g/mol. The topological polar surface area (TPSA) is 26.3 Å². The van der Waals surface area contributed by atoms with Crippen LogP contribution in [0.1, 0.15) is 68.6 Å². The van der Waals surface area contributed by atoms with Crippen molar-refractivity contribution in [3.8, 4) is 0 Å². The molecule has 0 N–H and O–H groups in total. The van der Waals surface area contributed by atoms with Crippen molar-refractivity contribution in [2.24, 2.45) is 17.8 Å². The van der Waals surface area contributed by atoms with Crippen LogP contribution in [-0.4, -0.2) is 12.1 Å². The quantitative estimate of drug-likeness (QED) is 0.701. The van der Waals surface area contributed by atoms with Crippen LogP contribution < -0.4 is 0 Å². The van der Waals surface area contributed by atoms with Gasteiger partial charge in [0.1, 0.15) is 11.9 Å². The molecule has 0 unspecified atom stereocenters. The summed E-state index contributed by atoms with van der Waals surface area (Å²) in [6, 6.07) is 5.59. The van der Waals surface area contributed by atoms with Crippen LogP contribution in [0.5, 0.6) is 0 Å². The molecule has 3 heteroatoms. The van der Waals surface area contributed by atoms with Gasteiger partial charge in [-0.3, -0.25) is 0 Å². The average molecular weight is 318 g/mol. The number of hydrogen-bond acceptors (Lipinski definition) is 2. The summed E-state index contributed by atoms with van der Waals surface area (Å²) in [6.45, 7) is 2.36. The maximum Gasteiger partial charge on any atom is 0.338 e. The molecule has 0 atom stereocenters. The first-order chi connectivity index (χ1) is 11.1. The highest BCUT2D eigenvalue weighted by atomic mass is 19.1.